The van der Waals surface area contributed by atoms with E-state index in [0.717, 1.165) is 12.1 Å². The Bertz CT molecular complexity index is 1070. The molecule has 32 heavy (non-hydrogen) atoms. The van der Waals surface area contributed by atoms with Crippen molar-refractivity contribution in [1.29, 1.82) is 0 Å². The summed E-state index contributed by atoms with van der Waals surface area (Å²) in [6.45, 7) is 1.79. The Balaban J connectivity index is 1.25. The quantitative estimate of drug-likeness (QED) is 0.616. The van der Waals surface area contributed by atoms with Crippen LogP contribution in [0.15, 0.2) is 72.8 Å². The molecule has 0 aliphatic carbocycles. The van der Waals surface area contributed by atoms with Gasteiger partial charge in [-0.1, -0.05) is 36.4 Å². The van der Waals surface area contributed by atoms with Crippen LogP contribution in [0.25, 0.3) is 0 Å². The molecule has 0 aromatic heterocycles. The van der Waals surface area contributed by atoms with Crippen LogP contribution in [-0.4, -0.2) is 37.5 Å². The monoisotopic (exact) mass is 428 g/mol. The number of nitrogens with zero attached hydrogens (tertiary/aromatic N) is 2. The molecule has 0 atom stereocenters. The van der Waals surface area contributed by atoms with Gasteiger partial charge in [-0.2, -0.15) is 0 Å². The minimum atomic E-state index is -0.140. The Morgan fingerprint density at radius 2 is 1.50 bits per heavy atom. The van der Waals surface area contributed by atoms with Gasteiger partial charge in [0.15, 0.2) is 0 Å². The molecule has 1 aliphatic heterocycles. The van der Waals surface area contributed by atoms with E-state index in [0.29, 0.717) is 30.9 Å². The number of hydrogen-bond acceptors (Lipinski definition) is 3. The number of amides is 3. The van der Waals surface area contributed by atoms with Crippen LogP contribution in [0.4, 0.5) is 16.2 Å². The zero-order valence-corrected chi connectivity index (χ0v) is 18.5. The first-order chi connectivity index (χ1) is 15.5. The highest BCUT2D eigenvalue weighted by atomic mass is 16.2. The summed E-state index contributed by atoms with van der Waals surface area (Å²) < 4.78 is 0. The second-order valence-corrected chi connectivity index (χ2v) is 8.20. The van der Waals surface area contributed by atoms with E-state index in [9.17, 15) is 9.59 Å². The smallest absolute Gasteiger partial charge is 0.322 e. The maximum atomic E-state index is 12.6. The molecule has 1 aliphatic rings. The summed E-state index contributed by atoms with van der Waals surface area (Å²) in [5.74, 6) is -0.122. The maximum Gasteiger partial charge on any atom is 0.322 e. The number of fused-ring (bicyclic) bond motifs is 1. The van der Waals surface area contributed by atoms with Gasteiger partial charge in [0.2, 0.25) is 0 Å². The zero-order valence-electron chi connectivity index (χ0n) is 18.5. The van der Waals surface area contributed by atoms with Gasteiger partial charge in [0, 0.05) is 50.7 Å². The van der Waals surface area contributed by atoms with E-state index < -0.39 is 0 Å². The molecule has 0 fully saturated rings. The summed E-state index contributed by atoms with van der Waals surface area (Å²) in [6, 6.07) is 23.2. The summed E-state index contributed by atoms with van der Waals surface area (Å²) in [7, 11) is 4.02. The molecule has 0 saturated carbocycles. The van der Waals surface area contributed by atoms with Crippen LogP contribution in [0.1, 0.15) is 27.0 Å². The fourth-order valence-corrected chi connectivity index (χ4v) is 3.77. The normalized spacial score (nSPS) is 12.2. The van der Waals surface area contributed by atoms with Crippen LogP contribution in [0.5, 0.6) is 0 Å². The highest BCUT2D eigenvalue weighted by Gasteiger charge is 2.22. The third-order valence-electron chi connectivity index (χ3n) is 5.68. The lowest BCUT2D eigenvalue weighted by Crippen LogP contribution is -2.30. The lowest BCUT2D eigenvalue weighted by molar-refractivity contribution is 0.0954. The maximum absolute atomic E-state index is 12.6. The van der Waals surface area contributed by atoms with Crippen LogP contribution in [-0.2, 0) is 19.5 Å². The predicted octanol–water partition coefficient (Wildman–Crippen LogP) is 4.27. The molecule has 0 bridgehead atoms. The van der Waals surface area contributed by atoms with Crippen LogP contribution < -0.4 is 15.5 Å². The van der Waals surface area contributed by atoms with Crippen LogP contribution in [0.2, 0.25) is 0 Å². The van der Waals surface area contributed by atoms with Crippen LogP contribution >= 0.6 is 0 Å². The van der Waals surface area contributed by atoms with E-state index in [1.807, 2.05) is 26.2 Å². The first kappa shape index (κ1) is 21.4. The molecule has 2 N–H and O–H groups in total. The summed E-state index contributed by atoms with van der Waals surface area (Å²) >= 11 is 0. The lowest BCUT2D eigenvalue weighted by atomic mass is 10.1. The van der Waals surface area contributed by atoms with Gasteiger partial charge in [-0.3, -0.25) is 4.79 Å². The SMILES string of the molecule is CN(C)c1ccc(CCNC(=O)c2ccc(NC(=O)N3Cc4ccccc4C3)cc2)cc1. The first-order valence-corrected chi connectivity index (χ1v) is 10.8. The van der Waals surface area contributed by atoms with Crippen molar-refractivity contribution in [3.05, 3.63) is 95.1 Å². The van der Waals surface area contributed by atoms with Crippen molar-refractivity contribution in [2.24, 2.45) is 0 Å². The molecule has 6 heteroatoms. The average Bonchev–Trinajstić information content (AvgIpc) is 3.24. The number of carbonyl (C=O) groups is 2. The number of rotatable bonds is 6. The summed E-state index contributed by atoms with van der Waals surface area (Å²) in [6.07, 6.45) is 0.770. The third-order valence-corrected chi connectivity index (χ3v) is 5.68. The number of nitrogens with one attached hydrogen (secondary N) is 2. The third kappa shape index (κ3) is 5.09. The summed E-state index contributed by atoms with van der Waals surface area (Å²) in [4.78, 5) is 28.8. The number of benzene rings is 3. The van der Waals surface area contributed by atoms with Crippen molar-refractivity contribution in [2.45, 2.75) is 19.5 Å². The van der Waals surface area contributed by atoms with Crippen molar-refractivity contribution >= 4 is 23.3 Å². The predicted molar refractivity (Wildman–Crippen MR) is 128 cm³/mol. The molecule has 0 radical (unpaired) electrons. The Kier molecular flexibility index (Phi) is 6.40. The van der Waals surface area contributed by atoms with Gasteiger partial charge in [0.1, 0.15) is 0 Å². The Hall–Kier alpha value is -3.80. The molecule has 6 nitrogen and oxygen atoms in total. The van der Waals surface area contributed by atoms with E-state index in [1.54, 1.807) is 29.2 Å². The highest BCUT2D eigenvalue weighted by Crippen LogP contribution is 2.23. The molecule has 3 aromatic rings. The molecule has 0 unspecified atom stereocenters. The van der Waals surface area contributed by atoms with Crippen molar-refractivity contribution in [2.75, 3.05) is 30.9 Å². The van der Waals surface area contributed by atoms with Gasteiger partial charge < -0.3 is 20.4 Å². The highest BCUT2D eigenvalue weighted by molar-refractivity contribution is 5.95. The number of hydrogen-bond donors (Lipinski definition) is 2. The van der Waals surface area contributed by atoms with E-state index in [1.165, 1.54) is 16.7 Å². The molecule has 0 spiro atoms. The van der Waals surface area contributed by atoms with E-state index in [-0.39, 0.29) is 11.9 Å². The fourth-order valence-electron chi connectivity index (χ4n) is 3.77. The lowest BCUT2D eigenvalue weighted by Gasteiger charge is -2.16. The number of anilines is 2. The average molecular weight is 429 g/mol. The molecule has 3 amide bonds. The Morgan fingerprint density at radius 3 is 2.09 bits per heavy atom. The number of urea groups is 1. The van der Waals surface area contributed by atoms with Gasteiger partial charge in [-0.25, -0.2) is 4.79 Å². The topological polar surface area (TPSA) is 64.7 Å². The minimum absolute atomic E-state index is 0.122. The van der Waals surface area contributed by atoms with Gasteiger partial charge in [0.25, 0.3) is 5.91 Å². The second-order valence-electron chi connectivity index (χ2n) is 8.20. The largest absolute Gasteiger partial charge is 0.378 e. The Morgan fingerprint density at radius 1 is 0.875 bits per heavy atom. The van der Waals surface area contributed by atoms with Crippen LogP contribution in [0, 0.1) is 0 Å². The van der Waals surface area contributed by atoms with Crippen molar-refractivity contribution in [3.8, 4) is 0 Å². The zero-order chi connectivity index (χ0) is 22.5. The first-order valence-electron chi connectivity index (χ1n) is 10.8. The molecule has 3 aromatic carbocycles. The fraction of sp³-hybridized carbons (Fsp3) is 0.231. The van der Waals surface area contributed by atoms with Gasteiger partial charge in [-0.05, 0) is 59.5 Å². The molecule has 164 valence electrons. The van der Waals surface area contributed by atoms with Gasteiger partial charge in [-0.15, -0.1) is 0 Å². The van der Waals surface area contributed by atoms with E-state index in [2.05, 4.69) is 51.9 Å². The molecule has 0 saturated heterocycles. The van der Waals surface area contributed by atoms with Crippen LogP contribution in [0.3, 0.4) is 0 Å². The van der Waals surface area contributed by atoms with E-state index >= 15 is 0 Å². The van der Waals surface area contributed by atoms with Crippen molar-refractivity contribution in [3.63, 3.8) is 0 Å². The van der Waals surface area contributed by atoms with Gasteiger partial charge in [0.05, 0.1) is 0 Å². The number of carbonyl (C=O) groups excluding carboxylic acids is 2. The minimum Gasteiger partial charge on any atom is -0.378 e. The standard InChI is InChI=1S/C26H28N4O2/c1-29(2)24-13-7-19(8-14-24)15-16-27-25(31)20-9-11-23(12-10-20)28-26(32)30-17-21-5-3-4-6-22(21)18-30/h3-14H,15-18H2,1-2H3,(H,27,31)(H,28,32). The molecule has 4 rings (SSSR count). The Labute approximate surface area is 188 Å². The molecular weight excluding hydrogens is 400 g/mol. The second kappa shape index (κ2) is 9.56. The molecule has 1 heterocycles. The summed E-state index contributed by atoms with van der Waals surface area (Å²) in [5.41, 5.74) is 5.94. The van der Waals surface area contributed by atoms with Crippen molar-refractivity contribution in [1.82, 2.24) is 10.2 Å². The molecular formula is C26H28N4O2. The van der Waals surface area contributed by atoms with Crippen molar-refractivity contribution < 1.29 is 9.59 Å². The van der Waals surface area contributed by atoms with E-state index in [4.69, 9.17) is 0 Å². The van der Waals surface area contributed by atoms with Gasteiger partial charge >= 0.3 is 6.03 Å². The summed E-state index contributed by atoms with van der Waals surface area (Å²) in [5, 5.41) is 5.87.